The molecule has 23 heavy (non-hydrogen) atoms. The number of nitrogens with zero attached hydrogens (tertiary/aromatic N) is 2. The van der Waals surface area contributed by atoms with Crippen molar-refractivity contribution in [2.24, 2.45) is 0 Å². The van der Waals surface area contributed by atoms with E-state index in [0.29, 0.717) is 13.2 Å². The SMILES string of the molecule is C[C@H]1OCCN[C@@H]1C(=O)NCc1nccn1CC(F)(F)F.Cl.Cl. The Balaban J connectivity index is 0.00000242. The maximum Gasteiger partial charge on any atom is 0.406 e. The molecule has 2 heterocycles. The molecule has 0 bridgehead atoms. The molecule has 11 heteroatoms. The summed E-state index contributed by atoms with van der Waals surface area (Å²) in [6, 6.07) is -0.509. The number of carbonyl (C=O) groups is 1. The molecule has 1 saturated heterocycles. The highest BCUT2D eigenvalue weighted by Gasteiger charge is 2.30. The number of imidazole rings is 1. The van der Waals surface area contributed by atoms with Crippen LogP contribution < -0.4 is 10.6 Å². The van der Waals surface area contributed by atoms with Gasteiger partial charge in [0.15, 0.2) is 0 Å². The number of ether oxygens (including phenoxy) is 1. The van der Waals surface area contributed by atoms with Crippen LogP contribution in [0.5, 0.6) is 0 Å². The third kappa shape index (κ3) is 6.54. The Morgan fingerprint density at radius 1 is 1.52 bits per heavy atom. The molecule has 1 aliphatic rings. The molecule has 0 saturated carbocycles. The third-order valence-electron chi connectivity index (χ3n) is 3.17. The summed E-state index contributed by atoms with van der Waals surface area (Å²) in [6.07, 6.45) is -2.10. The summed E-state index contributed by atoms with van der Waals surface area (Å²) in [7, 11) is 0. The molecule has 1 aliphatic heterocycles. The van der Waals surface area contributed by atoms with Gasteiger partial charge in [0, 0.05) is 18.9 Å². The molecule has 6 nitrogen and oxygen atoms in total. The molecule has 0 spiro atoms. The molecule has 2 rings (SSSR count). The number of nitrogens with one attached hydrogen (secondary N) is 2. The highest BCUT2D eigenvalue weighted by Crippen LogP contribution is 2.18. The third-order valence-corrected chi connectivity index (χ3v) is 3.17. The number of carbonyl (C=O) groups excluding carboxylic acids is 1. The summed E-state index contributed by atoms with van der Waals surface area (Å²) in [6.45, 7) is 1.67. The van der Waals surface area contributed by atoms with E-state index < -0.39 is 18.8 Å². The van der Waals surface area contributed by atoms with Crippen LogP contribution in [0, 0.1) is 0 Å². The Labute approximate surface area is 144 Å². The Morgan fingerprint density at radius 3 is 2.83 bits per heavy atom. The summed E-state index contributed by atoms with van der Waals surface area (Å²) in [5.41, 5.74) is 0. The van der Waals surface area contributed by atoms with E-state index >= 15 is 0 Å². The summed E-state index contributed by atoms with van der Waals surface area (Å²) < 4.78 is 43.4. The Morgan fingerprint density at radius 2 is 2.22 bits per heavy atom. The Hall–Kier alpha value is -1.03. The van der Waals surface area contributed by atoms with E-state index in [4.69, 9.17) is 4.74 Å². The molecule has 1 aromatic rings. The number of alkyl halides is 3. The first kappa shape index (κ1) is 22.0. The summed E-state index contributed by atoms with van der Waals surface area (Å²) in [5, 5.41) is 5.59. The minimum atomic E-state index is -4.33. The molecule has 0 aromatic carbocycles. The van der Waals surface area contributed by atoms with Crippen molar-refractivity contribution in [2.75, 3.05) is 13.2 Å². The van der Waals surface area contributed by atoms with Gasteiger partial charge in [0.2, 0.25) is 5.91 Å². The first-order valence-corrected chi connectivity index (χ1v) is 6.56. The number of aromatic nitrogens is 2. The second-order valence-corrected chi connectivity index (χ2v) is 4.81. The Kier molecular flexibility index (Phi) is 8.89. The molecule has 1 aromatic heterocycles. The van der Waals surface area contributed by atoms with Crippen LogP contribution in [0.15, 0.2) is 12.4 Å². The fourth-order valence-corrected chi connectivity index (χ4v) is 2.15. The fraction of sp³-hybridized carbons (Fsp3) is 0.667. The van der Waals surface area contributed by atoms with Gasteiger partial charge in [0.25, 0.3) is 0 Å². The van der Waals surface area contributed by atoms with E-state index in [2.05, 4.69) is 15.6 Å². The average molecular weight is 379 g/mol. The molecular formula is C12H19Cl2F3N4O2. The van der Waals surface area contributed by atoms with Gasteiger partial charge in [-0.05, 0) is 6.92 Å². The minimum Gasteiger partial charge on any atom is -0.375 e. The lowest BCUT2D eigenvalue weighted by molar-refractivity contribution is -0.141. The monoisotopic (exact) mass is 378 g/mol. The molecule has 134 valence electrons. The molecule has 0 radical (unpaired) electrons. The maximum atomic E-state index is 12.4. The smallest absolute Gasteiger partial charge is 0.375 e. The standard InChI is InChI=1S/C12H17F3N4O2.2ClH/c1-8-10(17-3-5-21-8)11(20)18-6-9-16-2-4-19(9)7-12(13,14)15;;/h2,4,8,10,17H,3,5-7H2,1H3,(H,18,20);2*1H/t8-,10+;;/m1../s1. The van der Waals surface area contributed by atoms with E-state index in [0.717, 1.165) is 4.57 Å². The zero-order valence-electron chi connectivity index (χ0n) is 12.3. The van der Waals surface area contributed by atoms with Gasteiger partial charge in [0.1, 0.15) is 18.4 Å². The van der Waals surface area contributed by atoms with E-state index in [1.54, 1.807) is 6.92 Å². The number of hydrogen-bond acceptors (Lipinski definition) is 4. The molecule has 0 unspecified atom stereocenters. The maximum absolute atomic E-state index is 12.4. The van der Waals surface area contributed by atoms with Crippen LogP contribution >= 0.6 is 24.8 Å². The van der Waals surface area contributed by atoms with Crippen LogP contribution in [0.2, 0.25) is 0 Å². The van der Waals surface area contributed by atoms with Gasteiger partial charge < -0.3 is 19.9 Å². The largest absolute Gasteiger partial charge is 0.406 e. The van der Waals surface area contributed by atoms with Crippen molar-refractivity contribution in [3.05, 3.63) is 18.2 Å². The van der Waals surface area contributed by atoms with Crippen molar-refractivity contribution in [1.29, 1.82) is 0 Å². The number of halogens is 5. The molecule has 2 atom stereocenters. The lowest BCUT2D eigenvalue weighted by Gasteiger charge is -2.29. The summed E-state index contributed by atoms with van der Waals surface area (Å²) in [4.78, 5) is 15.8. The van der Waals surface area contributed by atoms with Gasteiger partial charge >= 0.3 is 6.18 Å². The van der Waals surface area contributed by atoms with Crippen molar-refractivity contribution >= 4 is 30.7 Å². The van der Waals surface area contributed by atoms with E-state index in [9.17, 15) is 18.0 Å². The predicted octanol–water partition coefficient (Wildman–Crippen LogP) is 1.28. The number of hydrogen-bond donors (Lipinski definition) is 2. The second-order valence-electron chi connectivity index (χ2n) is 4.81. The van der Waals surface area contributed by atoms with Gasteiger partial charge in [-0.2, -0.15) is 13.2 Å². The number of amides is 1. The van der Waals surface area contributed by atoms with Crippen LogP contribution in [0.3, 0.4) is 0 Å². The fourth-order valence-electron chi connectivity index (χ4n) is 2.15. The molecule has 0 aliphatic carbocycles. The minimum absolute atomic E-state index is 0. The van der Waals surface area contributed by atoms with E-state index in [-0.39, 0.29) is 49.2 Å². The van der Waals surface area contributed by atoms with Gasteiger partial charge in [-0.1, -0.05) is 0 Å². The van der Waals surface area contributed by atoms with E-state index in [1.807, 2.05) is 0 Å². The first-order valence-electron chi connectivity index (χ1n) is 6.56. The van der Waals surface area contributed by atoms with Gasteiger partial charge in [-0.15, -0.1) is 24.8 Å². The lowest BCUT2D eigenvalue weighted by atomic mass is 10.1. The molecule has 2 N–H and O–H groups in total. The normalized spacial score (nSPS) is 21.0. The highest BCUT2D eigenvalue weighted by atomic mass is 35.5. The zero-order chi connectivity index (χ0) is 15.5. The van der Waals surface area contributed by atoms with Gasteiger partial charge in [-0.3, -0.25) is 4.79 Å². The predicted molar refractivity (Wildman–Crippen MR) is 81.8 cm³/mol. The van der Waals surface area contributed by atoms with Crippen LogP contribution in [0.4, 0.5) is 13.2 Å². The average Bonchev–Trinajstić information content (AvgIpc) is 2.81. The van der Waals surface area contributed by atoms with Crippen molar-refractivity contribution in [3.63, 3.8) is 0 Å². The van der Waals surface area contributed by atoms with Crippen molar-refractivity contribution in [2.45, 2.75) is 38.3 Å². The zero-order valence-corrected chi connectivity index (χ0v) is 13.9. The van der Waals surface area contributed by atoms with Crippen LogP contribution in [0.1, 0.15) is 12.7 Å². The van der Waals surface area contributed by atoms with Crippen molar-refractivity contribution in [1.82, 2.24) is 20.2 Å². The number of morpholine rings is 1. The van der Waals surface area contributed by atoms with Crippen molar-refractivity contribution < 1.29 is 22.7 Å². The summed E-state index contributed by atoms with van der Waals surface area (Å²) in [5.74, 6) is -0.159. The van der Waals surface area contributed by atoms with Crippen molar-refractivity contribution in [3.8, 4) is 0 Å². The van der Waals surface area contributed by atoms with Crippen LogP contribution in [-0.2, 0) is 22.6 Å². The molecular weight excluding hydrogens is 360 g/mol. The number of rotatable bonds is 4. The molecule has 1 fully saturated rings. The molecule has 1 amide bonds. The van der Waals surface area contributed by atoms with Crippen LogP contribution in [-0.4, -0.2) is 46.9 Å². The second kappa shape index (κ2) is 9.31. The first-order chi connectivity index (χ1) is 9.87. The van der Waals surface area contributed by atoms with Gasteiger partial charge in [0.05, 0.1) is 19.3 Å². The van der Waals surface area contributed by atoms with Gasteiger partial charge in [-0.25, -0.2) is 4.98 Å². The summed E-state index contributed by atoms with van der Waals surface area (Å²) >= 11 is 0. The topological polar surface area (TPSA) is 68.2 Å². The lowest BCUT2D eigenvalue weighted by Crippen LogP contribution is -2.55. The highest BCUT2D eigenvalue weighted by molar-refractivity contribution is 5.85. The van der Waals surface area contributed by atoms with E-state index in [1.165, 1.54) is 12.4 Å². The Bertz CT molecular complexity index is 499. The van der Waals surface area contributed by atoms with Crippen LogP contribution in [0.25, 0.3) is 0 Å². The quantitative estimate of drug-likeness (QED) is 0.827.